The first-order chi connectivity index (χ1) is 6.28. The number of hydrogen-bond acceptors (Lipinski definition) is 4. The van der Waals surface area contributed by atoms with E-state index in [-0.39, 0.29) is 6.73 Å². The summed E-state index contributed by atoms with van der Waals surface area (Å²) < 4.78 is 0. The van der Waals surface area contributed by atoms with E-state index in [0.717, 1.165) is 33.0 Å². The van der Waals surface area contributed by atoms with Gasteiger partial charge in [-0.25, -0.2) is 0 Å². The van der Waals surface area contributed by atoms with E-state index in [2.05, 4.69) is 31.0 Å². The largest absolute Gasteiger partial charge is 0.381 e. The lowest BCUT2D eigenvalue weighted by atomic mass is 10.5. The predicted octanol–water partition coefficient (Wildman–Crippen LogP) is 0.105. The van der Waals surface area contributed by atoms with Gasteiger partial charge >= 0.3 is 0 Å². The SMILES string of the molecule is CCNCN(CC)CN(CC)CO. The molecular weight excluding hydrogens is 166 g/mol. The van der Waals surface area contributed by atoms with Gasteiger partial charge in [0.05, 0.1) is 13.4 Å². The lowest BCUT2D eigenvalue weighted by molar-refractivity contribution is 0.0526. The van der Waals surface area contributed by atoms with Crippen LogP contribution in [-0.2, 0) is 0 Å². The maximum atomic E-state index is 8.97. The van der Waals surface area contributed by atoms with Crippen LogP contribution in [0.15, 0.2) is 0 Å². The second kappa shape index (κ2) is 8.44. The molecule has 0 rings (SSSR count). The molecule has 0 bridgehead atoms. The minimum absolute atomic E-state index is 0.138. The zero-order chi connectivity index (χ0) is 10.1. The fourth-order valence-electron chi connectivity index (χ4n) is 1.06. The molecule has 0 amide bonds. The molecule has 13 heavy (non-hydrogen) atoms. The van der Waals surface area contributed by atoms with Gasteiger partial charge < -0.3 is 10.4 Å². The molecule has 0 spiro atoms. The van der Waals surface area contributed by atoms with E-state index in [1.807, 2.05) is 4.90 Å². The number of nitrogens with zero attached hydrogens (tertiary/aromatic N) is 2. The number of nitrogens with one attached hydrogen (secondary N) is 1. The van der Waals surface area contributed by atoms with Crippen LogP contribution in [-0.4, -0.2) is 54.6 Å². The van der Waals surface area contributed by atoms with E-state index >= 15 is 0 Å². The fraction of sp³-hybridized carbons (Fsp3) is 1.00. The quantitative estimate of drug-likeness (QED) is 0.531. The molecule has 0 aromatic rings. The van der Waals surface area contributed by atoms with Crippen molar-refractivity contribution < 1.29 is 5.11 Å². The van der Waals surface area contributed by atoms with Gasteiger partial charge in [0.1, 0.15) is 0 Å². The van der Waals surface area contributed by atoms with Gasteiger partial charge in [-0.15, -0.1) is 0 Å². The Morgan fingerprint density at radius 3 is 2.08 bits per heavy atom. The molecule has 4 nitrogen and oxygen atoms in total. The Morgan fingerprint density at radius 1 is 1.08 bits per heavy atom. The van der Waals surface area contributed by atoms with Crippen molar-refractivity contribution in [3.63, 3.8) is 0 Å². The number of rotatable bonds is 8. The van der Waals surface area contributed by atoms with Crippen LogP contribution in [0.4, 0.5) is 0 Å². The summed E-state index contributed by atoms with van der Waals surface area (Å²) in [6.45, 7) is 11.0. The average Bonchev–Trinajstić information content (AvgIpc) is 2.19. The third-order valence-electron chi connectivity index (χ3n) is 2.08. The minimum atomic E-state index is 0.138. The number of aliphatic hydroxyl groups excluding tert-OH is 1. The van der Waals surface area contributed by atoms with E-state index in [1.54, 1.807) is 0 Å². The van der Waals surface area contributed by atoms with Crippen molar-refractivity contribution in [3.8, 4) is 0 Å². The highest BCUT2D eigenvalue weighted by Crippen LogP contribution is 1.91. The monoisotopic (exact) mass is 189 g/mol. The first kappa shape index (κ1) is 12.8. The van der Waals surface area contributed by atoms with Gasteiger partial charge in [0, 0.05) is 6.67 Å². The molecule has 2 N–H and O–H groups in total. The van der Waals surface area contributed by atoms with Crippen molar-refractivity contribution in [1.29, 1.82) is 0 Å². The maximum absolute atomic E-state index is 8.97. The molecule has 0 saturated heterocycles. The van der Waals surface area contributed by atoms with Gasteiger partial charge in [-0.05, 0) is 19.6 Å². The Kier molecular flexibility index (Phi) is 8.33. The summed E-state index contributed by atoms with van der Waals surface area (Å²) in [5.41, 5.74) is 0. The van der Waals surface area contributed by atoms with Crippen LogP contribution in [0.3, 0.4) is 0 Å². The van der Waals surface area contributed by atoms with E-state index in [0.29, 0.717) is 0 Å². The van der Waals surface area contributed by atoms with Crippen LogP contribution in [0, 0.1) is 0 Å². The van der Waals surface area contributed by atoms with Crippen LogP contribution in [0.1, 0.15) is 20.8 Å². The Bertz CT molecular complexity index is 107. The highest BCUT2D eigenvalue weighted by Gasteiger charge is 2.05. The summed E-state index contributed by atoms with van der Waals surface area (Å²) in [7, 11) is 0. The number of aliphatic hydroxyl groups is 1. The Balaban J connectivity index is 3.67. The smallest absolute Gasteiger partial charge is 0.0966 e. The maximum Gasteiger partial charge on any atom is 0.0966 e. The standard InChI is InChI=1S/C9H23N3O/c1-4-10-7-11(5-2)8-12(6-3)9-13/h10,13H,4-9H2,1-3H3. The lowest BCUT2D eigenvalue weighted by Gasteiger charge is -2.27. The Hall–Kier alpha value is -0.160. The van der Waals surface area contributed by atoms with Crippen molar-refractivity contribution in [1.82, 2.24) is 15.1 Å². The zero-order valence-corrected chi connectivity index (χ0v) is 9.08. The molecule has 0 heterocycles. The Morgan fingerprint density at radius 2 is 1.69 bits per heavy atom. The van der Waals surface area contributed by atoms with E-state index in [1.165, 1.54) is 0 Å². The summed E-state index contributed by atoms with van der Waals surface area (Å²) in [4.78, 5) is 4.24. The molecule has 0 aliphatic heterocycles. The first-order valence-corrected chi connectivity index (χ1v) is 5.04. The van der Waals surface area contributed by atoms with Gasteiger partial charge in [-0.3, -0.25) is 9.80 Å². The highest BCUT2D eigenvalue weighted by molar-refractivity contribution is 4.54. The summed E-state index contributed by atoms with van der Waals surface area (Å²) in [6.07, 6.45) is 0. The molecule has 0 aromatic carbocycles. The topological polar surface area (TPSA) is 38.7 Å². The Labute approximate surface area is 81.5 Å². The van der Waals surface area contributed by atoms with Gasteiger partial charge in [0.25, 0.3) is 0 Å². The van der Waals surface area contributed by atoms with Crippen molar-refractivity contribution in [2.24, 2.45) is 0 Å². The van der Waals surface area contributed by atoms with Crippen LogP contribution < -0.4 is 5.32 Å². The van der Waals surface area contributed by atoms with Crippen molar-refractivity contribution in [2.75, 3.05) is 39.7 Å². The molecule has 0 atom stereocenters. The van der Waals surface area contributed by atoms with E-state index in [9.17, 15) is 0 Å². The van der Waals surface area contributed by atoms with Gasteiger partial charge in [0.2, 0.25) is 0 Å². The predicted molar refractivity (Wildman–Crippen MR) is 55.3 cm³/mol. The van der Waals surface area contributed by atoms with Crippen LogP contribution in [0.2, 0.25) is 0 Å². The van der Waals surface area contributed by atoms with Gasteiger partial charge in [-0.2, -0.15) is 0 Å². The first-order valence-electron chi connectivity index (χ1n) is 5.04. The van der Waals surface area contributed by atoms with Crippen molar-refractivity contribution in [3.05, 3.63) is 0 Å². The summed E-state index contributed by atoms with van der Waals surface area (Å²) in [6, 6.07) is 0. The summed E-state index contributed by atoms with van der Waals surface area (Å²) in [5.74, 6) is 0. The van der Waals surface area contributed by atoms with E-state index < -0.39 is 0 Å². The molecule has 0 aromatic heterocycles. The fourth-order valence-corrected chi connectivity index (χ4v) is 1.06. The van der Waals surface area contributed by atoms with Crippen LogP contribution >= 0.6 is 0 Å². The van der Waals surface area contributed by atoms with Crippen LogP contribution in [0.25, 0.3) is 0 Å². The second-order valence-corrected chi connectivity index (χ2v) is 3.02. The highest BCUT2D eigenvalue weighted by atomic mass is 16.3. The molecule has 80 valence electrons. The van der Waals surface area contributed by atoms with Crippen LogP contribution in [0.5, 0.6) is 0 Å². The third kappa shape index (κ3) is 5.99. The van der Waals surface area contributed by atoms with Gasteiger partial charge in [-0.1, -0.05) is 20.8 Å². The molecule has 0 aliphatic rings. The summed E-state index contributed by atoms with van der Waals surface area (Å²) >= 11 is 0. The molecule has 0 unspecified atom stereocenters. The van der Waals surface area contributed by atoms with Gasteiger partial charge in [0.15, 0.2) is 0 Å². The minimum Gasteiger partial charge on any atom is -0.381 e. The van der Waals surface area contributed by atoms with E-state index in [4.69, 9.17) is 5.11 Å². The zero-order valence-electron chi connectivity index (χ0n) is 9.08. The lowest BCUT2D eigenvalue weighted by Crippen LogP contribution is -2.42. The average molecular weight is 189 g/mol. The molecule has 0 saturated carbocycles. The second-order valence-electron chi connectivity index (χ2n) is 3.02. The molecule has 0 fully saturated rings. The van der Waals surface area contributed by atoms with Crippen molar-refractivity contribution >= 4 is 0 Å². The third-order valence-corrected chi connectivity index (χ3v) is 2.08. The molecule has 0 aliphatic carbocycles. The summed E-state index contributed by atoms with van der Waals surface area (Å²) in [5, 5.41) is 12.2. The molecular formula is C9H23N3O. The number of hydrogen-bond donors (Lipinski definition) is 2. The molecule has 0 radical (unpaired) electrons. The normalized spacial score (nSPS) is 11.5. The van der Waals surface area contributed by atoms with Crippen molar-refractivity contribution in [2.45, 2.75) is 20.8 Å². The molecule has 4 heteroatoms.